The van der Waals surface area contributed by atoms with Gasteiger partial charge in [0.2, 0.25) is 0 Å². The second-order valence-corrected chi connectivity index (χ2v) is 16.1. The van der Waals surface area contributed by atoms with Crippen molar-refractivity contribution in [1.82, 2.24) is 0 Å². The van der Waals surface area contributed by atoms with Crippen molar-refractivity contribution < 1.29 is 36.8 Å². The standard InChI is InChI=1S/C10H18O2.C10H16O2.C4H8O.C4H10O.2C4H9O.Al.Li/c2*1-5-8-7(3)10(4,6-2)9(11)12-8;1-2-4-5-3-1;3*1-4(2,3)5;;/h6-9,11H,2,5H2,1,3-4H3;6-8H,2,5H2,1,3-4H3;1-4H2;5H,1-3H3;2*1-3H3;;/q;;;;2*-1;+2;/t7-,8-,9?,10-;7-,8-,10-;;;;;;/m11....../s1. The SMILES string of the molecule is C1CCOC1.C=C[C@@]1(C)C(=O)O[C@H](CC)[C@H]1C.C=C[C@@]1(C)C(O)O[C@H](CC)[C@H]1C.CC(C)(C)O.CC(C)(C)[O][Al][O]C(C)(C)C.[Li]. The molecule has 0 aliphatic carbocycles. The molecule has 0 amide bonds. The molecule has 8 nitrogen and oxygen atoms in total. The number of ether oxygens (including phenoxy) is 3. The molecule has 0 aromatic rings. The van der Waals surface area contributed by atoms with Gasteiger partial charge in [-0.15, -0.1) is 13.2 Å². The van der Waals surface area contributed by atoms with Gasteiger partial charge in [-0.3, -0.25) is 4.79 Å². The molecule has 3 aliphatic heterocycles. The van der Waals surface area contributed by atoms with E-state index in [4.69, 9.17) is 26.9 Å². The van der Waals surface area contributed by atoms with E-state index >= 15 is 0 Å². The van der Waals surface area contributed by atoms with Crippen molar-refractivity contribution in [1.29, 1.82) is 0 Å². The Morgan fingerprint density at radius 3 is 1.48 bits per heavy atom. The Morgan fingerprint density at radius 1 is 0.870 bits per heavy atom. The molecule has 3 aliphatic rings. The van der Waals surface area contributed by atoms with Crippen LogP contribution in [0.25, 0.3) is 0 Å². The van der Waals surface area contributed by atoms with Gasteiger partial charge < -0.3 is 32.0 Å². The summed E-state index contributed by atoms with van der Waals surface area (Å²) >= 11 is -0.331. The Labute approximate surface area is 302 Å². The molecule has 46 heavy (non-hydrogen) atoms. The quantitative estimate of drug-likeness (QED) is 0.172. The Kier molecular flexibility index (Phi) is 24.6. The van der Waals surface area contributed by atoms with Crippen LogP contribution in [0.3, 0.4) is 0 Å². The Bertz CT molecular complexity index is 819. The first-order valence-electron chi connectivity index (χ1n) is 16.6. The summed E-state index contributed by atoms with van der Waals surface area (Å²) < 4.78 is 26.5. The van der Waals surface area contributed by atoms with Crippen LogP contribution < -0.4 is 0 Å². The van der Waals surface area contributed by atoms with Gasteiger partial charge in [0.25, 0.3) is 0 Å². The molecule has 3 saturated heterocycles. The molecule has 2 N–H and O–H groups in total. The average molecular weight is 665 g/mol. The fraction of sp³-hybridized carbons (Fsp3) is 0.861. The average Bonchev–Trinajstić information content (AvgIpc) is 3.61. The van der Waals surface area contributed by atoms with Gasteiger partial charge in [0, 0.05) is 54.6 Å². The molecule has 0 aromatic heterocycles. The maximum Gasteiger partial charge on any atom is 0.669 e. The zero-order valence-corrected chi connectivity index (χ0v) is 33.8. The van der Waals surface area contributed by atoms with Crippen molar-refractivity contribution in [2.75, 3.05) is 13.2 Å². The minimum Gasteiger partial charge on any atom is -0.479 e. The van der Waals surface area contributed by atoms with Gasteiger partial charge in [-0.1, -0.05) is 46.8 Å². The van der Waals surface area contributed by atoms with E-state index in [9.17, 15) is 9.90 Å². The van der Waals surface area contributed by atoms with Crippen LogP contribution in [0.2, 0.25) is 0 Å². The number of rotatable bonds is 6. The molecule has 3 rings (SSSR count). The van der Waals surface area contributed by atoms with Crippen molar-refractivity contribution in [3.63, 3.8) is 0 Å². The molecule has 0 bridgehead atoms. The van der Waals surface area contributed by atoms with Gasteiger partial charge in [-0.05, 0) is 101 Å². The first-order chi connectivity index (χ1) is 20.3. The molecule has 0 saturated carbocycles. The Balaban J connectivity index is -0.000000521. The van der Waals surface area contributed by atoms with Crippen molar-refractivity contribution in [2.24, 2.45) is 22.7 Å². The third kappa shape index (κ3) is 20.4. The van der Waals surface area contributed by atoms with Crippen LogP contribution in [0, 0.1) is 22.7 Å². The molecule has 2 radical (unpaired) electrons. The van der Waals surface area contributed by atoms with Gasteiger partial charge in [0.15, 0.2) is 6.29 Å². The predicted molar refractivity (Wildman–Crippen MR) is 191 cm³/mol. The number of carbonyl (C=O) groups excluding carboxylic acids is 1. The molecule has 0 aromatic carbocycles. The van der Waals surface area contributed by atoms with Crippen LogP contribution in [0.1, 0.15) is 130 Å². The van der Waals surface area contributed by atoms with E-state index < -0.39 is 17.3 Å². The molecule has 3 heterocycles. The first-order valence-corrected chi connectivity index (χ1v) is 17.6. The summed E-state index contributed by atoms with van der Waals surface area (Å²) in [7, 11) is 0. The van der Waals surface area contributed by atoms with E-state index in [0.29, 0.717) is 5.92 Å². The van der Waals surface area contributed by atoms with Crippen molar-refractivity contribution >= 4 is 40.7 Å². The van der Waals surface area contributed by atoms with E-state index in [1.807, 2.05) is 69.2 Å². The largest absolute Gasteiger partial charge is 0.669 e. The predicted octanol–water partition coefficient (Wildman–Crippen LogP) is 7.44. The number of hydrogen-bond donors (Lipinski definition) is 2. The summed E-state index contributed by atoms with van der Waals surface area (Å²) in [5.74, 6) is 0.458. The minimum atomic E-state index is -0.685. The summed E-state index contributed by atoms with van der Waals surface area (Å²) in [5, 5.41) is 18.1. The molecule has 0 spiro atoms. The van der Waals surface area contributed by atoms with E-state index in [2.05, 4.69) is 27.0 Å². The second-order valence-electron chi connectivity index (χ2n) is 15.5. The smallest absolute Gasteiger partial charge is 0.479 e. The van der Waals surface area contributed by atoms with Crippen LogP contribution in [-0.4, -0.2) is 99.4 Å². The molecule has 266 valence electrons. The number of hydrogen-bond acceptors (Lipinski definition) is 8. The van der Waals surface area contributed by atoms with Crippen LogP contribution in [0.4, 0.5) is 0 Å². The normalized spacial score (nSPS) is 30.3. The minimum absolute atomic E-state index is 0. The van der Waals surface area contributed by atoms with E-state index in [0.717, 1.165) is 26.1 Å². The maximum absolute atomic E-state index is 11.4. The number of aliphatic hydroxyl groups excluding tert-OH is 1. The summed E-state index contributed by atoms with van der Waals surface area (Å²) in [5.41, 5.74) is -1.39. The molecule has 7 atom stereocenters. The first kappa shape index (κ1) is 50.2. The van der Waals surface area contributed by atoms with Crippen LogP contribution in [0.5, 0.6) is 0 Å². The third-order valence-corrected chi connectivity index (χ3v) is 9.48. The Morgan fingerprint density at radius 2 is 1.28 bits per heavy atom. The summed E-state index contributed by atoms with van der Waals surface area (Å²) in [6.07, 6.45) is 7.45. The zero-order valence-electron chi connectivity index (χ0n) is 32.6. The monoisotopic (exact) mass is 665 g/mol. The fourth-order valence-corrected chi connectivity index (χ4v) is 4.89. The second kappa shape index (κ2) is 22.5. The van der Waals surface area contributed by atoms with Crippen LogP contribution in [-0.2, 0) is 26.6 Å². The molecular formula is C36H70AlLiO8. The van der Waals surface area contributed by atoms with Crippen molar-refractivity contribution in [3.8, 4) is 0 Å². The zero-order chi connectivity index (χ0) is 35.9. The maximum atomic E-state index is 11.4. The van der Waals surface area contributed by atoms with Gasteiger partial charge in [0.05, 0.1) is 17.1 Å². The number of cyclic esters (lactones) is 1. The molecule has 10 heteroatoms. The topological polar surface area (TPSA) is 104 Å². The molecule has 3 fully saturated rings. The summed E-state index contributed by atoms with van der Waals surface area (Å²) in [6.45, 7) is 39.0. The molecular weight excluding hydrogens is 594 g/mol. The molecule has 1 unspecified atom stereocenters. The van der Waals surface area contributed by atoms with E-state index in [-0.39, 0.29) is 75.5 Å². The van der Waals surface area contributed by atoms with E-state index in [1.165, 1.54) is 12.8 Å². The number of aliphatic hydroxyl groups is 2. The summed E-state index contributed by atoms with van der Waals surface area (Å²) in [4.78, 5) is 11.4. The fourth-order valence-electron chi connectivity index (χ4n) is 4.26. The van der Waals surface area contributed by atoms with Gasteiger partial charge in [-0.2, -0.15) is 0 Å². The van der Waals surface area contributed by atoms with Crippen LogP contribution in [0.15, 0.2) is 25.3 Å². The van der Waals surface area contributed by atoms with E-state index in [1.54, 1.807) is 32.9 Å². The van der Waals surface area contributed by atoms with Gasteiger partial charge in [-0.25, -0.2) is 0 Å². The van der Waals surface area contributed by atoms with Gasteiger partial charge in [0.1, 0.15) is 6.10 Å². The summed E-state index contributed by atoms with van der Waals surface area (Å²) in [6, 6.07) is 0. The van der Waals surface area contributed by atoms with Crippen LogP contribution >= 0.6 is 0 Å². The van der Waals surface area contributed by atoms with Crippen molar-refractivity contribution in [2.45, 2.75) is 165 Å². The Hall–Kier alpha value is -0.160. The number of esters is 1. The van der Waals surface area contributed by atoms with Gasteiger partial charge >= 0.3 is 21.9 Å². The third-order valence-electron chi connectivity index (χ3n) is 7.88. The van der Waals surface area contributed by atoms with Crippen molar-refractivity contribution in [3.05, 3.63) is 25.3 Å². The number of carbonyl (C=O) groups is 1.